The normalized spacial score (nSPS) is 14.1. The summed E-state index contributed by atoms with van der Waals surface area (Å²) in [6.07, 6.45) is 0.635. The van der Waals surface area contributed by atoms with Crippen molar-refractivity contribution in [3.8, 4) is 0 Å². The van der Waals surface area contributed by atoms with Crippen molar-refractivity contribution in [2.24, 2.45) is 0 Å². The molecule has 2 N–H and O–H groups in total. The first-order chi connectivity index (χ1) is 9.35. The van der Waals surface area contributed by atoms with Gasteiger partial charge < -0.3 is 15.4 Å². The Balaban J connectivity index is 3.02. The SMILES string of the molecule is CCC(C)(OC)C(=O)N(Cc1ccccc1N)C(C)C. The van der Waals surface area contributed by atoms with Crippen molar-refractivity contribution >= 4 is 11.6 Å². The van der Waals surface area contributed by atoms with Gasteiger partial charge >= 0.3 is 0 Å². The van der Waals surface area contributed by atoms with Crippen LogP contribution in [0.5, 0.6) is 0 Å². The van der Waals surface area contributed by atoms with Crippen LogP contribution in [-0.2, 0) is 16.1 Å². The van der Waals surface area contributed by atoms with E-state index in [2.05, 4.69) is 0 Å². The molecule has 0 radical (unpaired) electrons. The molecule has 1 rings (SSSR count). The summed E-state index contributed by atoms with van der Waals surface area (Å²) in [4.78, 5) is 14.6. The Labute approximate surface area is 121 Å². The summed E-state index contributed by atoms with van der Waals surface area (Å²) >= 11 is 0. The second-order valence-corrected chi connectivity index (χ2v) is 5.51. The second-order valence-electron chi connectivity index (χ2n) is 5.51. The first kappa shape index (κ1) is 16.5. The number of nitrogens with two attached hydrogens (primary N) is 1. The first-order valence-electron chi connectivity index (χ1n) is 7.05. The Hall–Kier alpha value is -1.55. The number of hydrogen-bond donors (Lipinski definition) is 1. The maximum atomic E-state index is 12.7. The number of carbonyl (C=O) groups is 1. The van der Waals surface area contributed by atoms with Crippen molar-refractivity contribution in [1.82, 2.24) is 4.90 Å². The van der Waals surface area contributed by atoms with Crippen molar-refractivity contribution in [3.05, 3.63) is 29.8 Å². The quantitative estimate of drug-likeness (QED) is 0.814. The Morgan fingerprint density at radius 2 is 2.00 bits per heavy atom. The van der Waals surface area contributed by atoms with E-state index in [1.807, 2.05) is 56.9 Å². The van der Waals surface area contributed by atoms with Crippen molar-refractivity contribution < 1.29 is 9.53 Å². The van der Waals surface area contributed by atoms with Crippen LogP contribution in [0.1, 0.15) is 39.7 Å². The summed E-state index contributed by atoms with van der Waals surface area (Å²) in [7, 11) is 1.58. The van der Waals surface area contributed by atoms with Crippen LogP contribution in [-0.4, -0.2) is 29.6 Å². The Kier molecular flexibility index (Phi) is 5.57. The number of para-hydroxylation sites is 1. The number of hydrogen-bond acceptors (Lipinski definition) is 3. The van der Waals surface area contributed by atoms with Gasteiger partial charge in [-0.2, -0.15) is 0 Å². The summed E-state index contributed by atoms with van der Waals surface area (Å²) in [5.74, 6) is 0.000697. The van der Waals surface area contributed by atoms with Crippen LogP contribution in [0.2, 0.25) is 0 Å². The minimum atomic E-state index is -0.784. The number of amides is 1. The number of nitrogens with zero attached hydrogens (tertiary/aromatic N) is 1. The van der Waals surface area contributed by atoms with Crippen LogP contribution in [0.25, 0.3) is 0 Å². The molecule has 1 unspecified atom stereocenters. The zero-order valence-electron chi connectivity index (χ0n) is 13.1. The minimum Gasteiger partial charge on any atom is -0.398 e. The van der Waals surface area contributed by atoms with Gasteiger partial charge in [0.2, 0.25) is 0 Å². The predicted octanol–water partition coefficient (Wildman–Crippen LogP) is 2.82. The van der Waals surface area contributed by atoms with E-state index >= 15 is 0 Å². The predicted molar refractivity (Wildman–Crippen MR) is 82.2 cm³/mol. The molecule has 0 fully saturated rings. The molecule has 0 aromatic heterocycles. The van der Waals surface area contributed by atoms with E-state index in [0.29, 0.717) is 18.7 Å². The molecule has 0 spiro atoms. The highest BCUT2D eigenvalue weighted by atomic mass is 16.5. The molecular weight excluding hydrogens is 252 g/mol. The number of ether oxygens (including phenoxy) is 1. The van der Waals surface area contributed by atoms with Crippen LogP contribution >= 0.6 is 0 Å². The van der Waals surface area contributed by atoms with Gasteiger partial charge in [0.15, 0.2) is 0 Å². The Morgan fingerprint density at radius 3 is 2.45 bits per heavy atom. The van der Waals surface area contributed by atoms with Crippen LogP contribution in [0.15, 0.2) is 24.3 Å². The van der Waals surface area contributed by atoms with Gasteiger partial charge in [0.25, 0.3) is 5.91 Å². The monoisotopic (exact) mass is 278 g/mol. The largest absolute Gasteiger partial charge is 0.398 e. The van der Waals surface area contributed by atoms with Crippen molar-refractivity contribution in [2.45, 2.75) is 52.3 Å². The summed E-state index contributed by atoms with van der Waals surface area (Å²) < 4.78 is 5.43. The molecule has 112 valence electrons. The van der Waals surface area contributed by atoms with Gasteiger partial charge in [-0.3, -0.25) is 4.79 Å². The molecular formula is C16H26N2O2. The third-order valence-electron chi connectivity index (χ3n) is 3.86. The molecule has 0 saturated carbocycles. The zero-order chi connectivity index (χ0) is 15.3. The Bertz CT molecular complexity index is 454. The highest BCUT2D eigenvalue weighted by Crippen LogP contribution is 2.22. The van der Waals surface area contributed by atoms with E-state index in [1.165, 1.54) is 0 Å². The Morgan fingerprint density at radius 1 is 1.40 bits per heavy atom. The van der Waals surface area contributed by atoms with E-state index in [4.69, 9.17) is 10.5 Å². The summed E-state index contributed by atoms with van der Waals surface area (Å²) in [6, 6.07) is 7.72. The van der Waals surface area contributed by atoms with Gasteiger partial charge in [0.05, 0.1) is 0 Å². The average Bonchev–Trinajstić information content (AvgIpc) is 2.44. The number of anilines is 1. The molecule has 4 heteroatoms. The smallest absolute Gasteiger partial charge is 0.255 e. The molecule has 1 atom stereocenters. The molecule has 0 bridgehead atoms. The van der Waals surface area contributed by atoms with Crippen LogP contribution in [0.4, 0.5) is 5.69 Å². The fourth-order valence-corrected chi connectivity index (χ4v) is 2.04. The molecule has 0 heterocycles. The lowest BCUT2D eigenvalue weighted by molar-refractivity contribution is -0.156. The van der Waals surface area contributed by atoms with E-state index in [9.17, 15) is 4.79 Å². The fourth-order valence-electron chi connectivity index (χ4n) is 2.04. The molecule has 0 aliphatic heterocycles. The van der Waals surface area contributed by atoms with Gasteiger partial charge in [-0.05, 0) is 38.8 Å². The van der Waals surface area contributed by atoms with Gasteiger partial charge in [-0.1, -0.05) is 25.1 Å². The number of carbonyl (C=O) groups excluding carboxylic acids is 1. The third kappa shape index (κ3) is 3.51. The lowest BCUT2D eigenvalue weighted by Crippen LogP contribution is -2.50. The summed E-state index contributed by atoms with van der Waals surface area (Å²) in [5, 5.41) is 0. The van der Waals surface area contributed by atoms with Crippen molar-refractivity contribution in [1.29, 1.82) is 0 Å². The van der Waals surface area contributed by atoms with Crippen LogP contribution < -0.4 is 5.73 Å². The van der Waals surface area contributed by atoms with Gasteiger partial charge in [-0.25, -0.2) is 0 Å². The number of rotatable bonds is 6. The summed E-state index contributed by atoms with van der Waals surface area (Å²) in [5.41, 5.74) is 6.86. The lowest BCUT2D eigenvalue weighted by Gasteiger charge is -2.35. The third-order valence-corrected chi connectivity index (χ3v) is 3.86. The maximum absolute atomic E-state index is 12.7. The van der Waals surface area contributed by atoms with E-state index in [0.717, 1.165) is 5.56 Å². The van der Waals surface area contributed by atoms with Crippen LogP contribution in [0.3, 0.4) is 0 Å². The van der Waals surface area contributed by atoms with Gasteiger partial charge in [0, 0.05) is 25.4 Å². The first-order valence-corrected chi connectivity index (χ1v) is 7.05. The van der Waals surface area contributed by atoms with E-state index in [-0.39, 0.29) is 11.9 Å². The fraction of sp³-hybridized carbons (Fsp3) is 0.562. The average molecular weight is 278 g/mol. The highest BCUT2D eigenvalue weighted by Gasteiger charge is 2.36. The number of nitrogen functional groups attached to an aromatic ring is 1. The van der Waals surface area contributed by atoms with E-state index < -0.39 is 5.60 Å². The van der Waals surface area contributed by atoms with Gasteiger partial charge in [-0.15, -0.1) is 0 Å². The molecule has 0 saturated heterocycles. The highest BCUT2D eigenvalue weighted by molar-refractivity contribution is 5.85. The van der Waals surface area contributed by atoms with Crippen molar-refractivity contribution in [3.63, 3.8) is 0 Å². The molecule has 4 nitrogen and oxygen atoms in total. The topological polar surface area (TPSA) is 55.6 Å². The van der Waals surface area contributed by atoms with E-state index in [1.54, 1.807) is 7.11 Å². The van der Waals surface area contributed by atoms with Gasteiger partial charge in [0.1, 0.15) is 5.60 Å². The number of benzene rings is 1. The summed E-state index contributed by atoms with van der Waals surface area (Å²) in [6.45, 7) is 8.30. The molecule has 1 amide bonds. The molecule has 0 aliphatic rings. The zero-order valence-corrected chi connectivity index (χ0v) is 13.1. The molecule has 1 aromatic carbocycles. The maximum Gasteiger partial charge on any atom is 0.255 e. The molecule has 20 heavy (non-hydrogen) atoms. The lowest BCUT2D eigenvalue weighted by atomic mass is 9.99. The standard InChI is InChI=1S/C16H26N2O2/c1-6-16(4,20-5)15(19)18(12(2)3)11-13-9-7-8-10-14(13)17/h7-10,12H,6,11,17H2,1-5H3. The molecule has 0 aliphatic carbocycles. The number of methoxy groups -OCH3 is 1. The molecule has 1 aromatic rings. The second kappa shape index (κ2) is 6.75. The van der Waals surface area contributed by atoms with Crippen molar-refractivity contribution in [2.75, 3.05) is 12.8 Å². The minimum absolute atomic E-state index is 0.000697. The van der Waals surface area contributed by atoms with Crippen LogP contribution in [0, 0.1) is 0 Å².